The summed E-state index contributed by atoms with van der Waals surface area (Å²) in [7, 11) is 1.95. The Morgan fingerprint density at radius 3 is 2.44 bits per heavy atom. The van der Waals surface area contributed by atoms with Crippen molar-refractivity contribution < 1.29 is 0 Å². The largest absolute Gasteiger partial charge is 0.358 e. The normalized spacial score (nSPS) is 10.9. The minimum Gasteiger partial charge on any atom is -0.358 e. The summed E-state index contributed by atoms with van der Waals surface area (Å²) in [6.07, 6.45) is 1.08. The van der Waals surface area contributed by atoms with E-state index in [0.717, 1.165) is 13.0 Å². The van der Waals surface area contributed by atoms with E-state index in [-0.39, 0.29) is 5.15 Å². The summed E-state index contributed by atoms with van der Waals surface area (Å²) in [4.78, 5) is 6.17. The van der Waals surface area contributed by atoms with Gasteiger partial charge in [-0.3, -0.25) is 0 Å². The molecule has 0 unspecified atom stereocenters. The van der Waals surface area contributed by atoms with Gasteiger partial charge in [0.05, 0.1) is 10.0 Å². The van der Waals surface area contributed by atoms with Crippen LogP contribution in [0.15, 0.2) is 6.07 Å². The number of pyridine rings is 1. The third-order valence-corrected chi connectivity index (χ3v) is 3.22. The number of hydrogen-bond donors (Lipinski definition) is 0. The highest BCUT2D eigenvalue weighted by atomic mass is 35.5. The SMILES string of the molecule is CC(C)CCN(C)c1nc(Cl)c(Cl)cc1Cl. The molecule has 0 aromatic carbocycles. The lowest BCUT2D eigenvalue weighted by Gasteiger charge is -2.20. The quantitative estimate of drug-likeness (QED) is 0.754. The summed E-state index contributed by atoms with van der Waals surface area (Å²) < 4.78 is 0. The van der Waals surface area contributed by atoms with E-state index in [1.807, 2.05) is 11.9 Å². The molecule has 0 saturated heterocycles. The molecule has 5 heteroatoms. The van der Waals surface area contributed by atoms with Crippen molar-refractivity contribution >= 4 is 40.6 Å². The Hall–Kier alpha value is -0.180. The van der Waals surface area contributed by atoms with E-state index in [0.29, 0.717) is 21.8 Å². The van der Waals surface area contributed by atoms with Crippen LogP contribution >= 0.6 is 34.8 Å². The van der Waals surface area contributed by atoms with Crippen LogP contribution < -0.4 is 4.90 Å². The van der Waals surface area contributed by atoms with E-state index in [1.165, 1.54) is 0 Å². The minimum atomic E-state index is 0.289. The Morgan fingerprint density at radius 2 is 1.88 bits per heavy atom. The van der Waals surface area contributed by atoms with Crippen LogP contribution in [0.2, 0.25) is 15.2 Å². The van der Waals surface area contributed by atoms with Gasteiger partial charge in [-0.2, -0.15) is 0 Å². The van der Waals surface area contributed by atoms with Crippen molar-refractivity contribution in [2.45, 2.75) is 20.3 Å². The van der Waals surface area contributed by atoms with Crippen molar-refractivity contribution in [3.63, 3.8) is 0 Å². The smallest absolute Gasteiger partial charge is 0.150 e. The maximum Gasteiger partial charge on any atom is 0.150 e. The molecule has 0 fully saturated rings. The molecule has 1 rings (SSSR count). The Labute approximate surface area is 112 Å². The molecule has 0 bridgehead atoms. The molecule has 0 amide bonds. The maximum absolute atomic E-state index is 6.06. The third kappa shape index (κ3) is 3.69. The van der Waals surface area contributed by atoms with Crippen LogP contribution in [0.1, 0.15) is 20.3 Å². The number of anilines is 1. The van der Waals surface area contributed by atoms with E-state index >= 15 is 0 Å². The fraction of sp³-hybridized carbons (Fsp3) is 0.545. The Morgan fingerprint density at radius 1 is 1.25 bits per heavy atom. The van der Waals surface area contributed by atoms with Crippen LogP contribution in [0.5, 0.6) is 0 Å². The van der Waals surface area contributed by atoms with Gasteiger partial charge in [0.2, 0.25) is 0 Å². The van der Waals surface area contributed by atoms with Crippen LogP contribution in [0, 0.1) is 5.92 Å². The lowest BCUT2D eigenvalue weighted by atomic mass is 10.1. The highest BCUT2D eigenvalue weighted by molar-refractivity contribution is 6.42. The lowest BCUT2D eigenvalue weighted by Crippen LogP contribution is -2.21. The lowest BCUT2D eigenvalue weighted by molar-refractivity contribution is 0.583. The van der Waals surface area contributed by atoms with E-state index in [9.17, 15) is 0 Å². The monoisotopic (exact) mass is 280 g/mol. The van der Waals surface area contributed by atoms with Gasteiger partial charge in [-0.25, -0.2) is 4.98 Å². The molecule has 90 valence electrons. The van der Waals surface area contributed by atoms with Crippen LogP contribution in [0.3, 0.4) is 0 Å². The minimum absolute atomic E-state index is 0.289. The summed E-state index contributed by atoms with van der Waals surface area (Å²) in [6.45, 7) is 5.25. The van der Waals surface area contributed by atoms with Crippen LogP contribution in [-0.2, 0) is 0 Å². The van der Waals surface area contributed by atoms with Crippen molar-refractivity contribution in [2.75, 3.05) is 18.5 Å². The average Bonchev–Trinajstić information content (AvgIpc) is 2.20. The van der Waals surface area contributed by atoms with Gasteiger partial charge in [0, 0.05) is 13.6 Å². The van der Waals surface area contributed by atoms with Crippen molar-refractivity contribution in [3.05, 3.63) is 21.3 Å². The summed E-state index contributed by atoms with van der Waals surface area (Å²) in [5.74, 6) is 1.32. The van der Waals surface area contributed by atoms with Crippen LogP contribution in [-0.4, -0.2) is 18.6 Å². The highest BCUT2D eigenvalue weighted by Gasteiger charge is 2.11. The Kier molecular flexibility index (Phi) is 5.16. The van der Waals surface area contributed by atoms with Crippen LogP contribution in [0.4, 0.5) is 5.82 Å². The van der Waals surface area contributed by atoms with Gasteiger partial charge in [0.1, 0.15) is 11.0 Å². The fourth-order valence-electron chi connectivity index (χ4n) is 1.26. The summed E-state index contributed by atoms with van der Waals surface area (Å²) in [5, 5.41) is 1.20. The third-order valence-electron chi connectivity index (χ3n) is 2.27. The first-order chi connectivity index (χ1) is 7.41. The Bertz CT molecular complexity index is 366. The number of hydrogen-bond acceptors (Lipinski definition) is 2. The summed E-state index contributed by atoms with van der Waals surface area (Å²) in [6, 6.07) is 1.62. The molecule has 1 aromatic heterocycles. The zero-order chi connectivity index (χ0) is 12.3. The van der Waals surface area contributed by atoms with Crippen LogP contribution in [0.25, 0.3) is 0 Å². The molecule has 0 aliphatic carbocycles. The van der Waals surface area contributed by atoms with Gasteiger partial charge in [0.15, 0.2) is 0 Å². The second-order valence-electron chi connectivity index (χ2n) is 4.17. The van der Waals surface area contributed by atoms with Crippen molar-refractivity contribution in [2.24, 2.45) is 5.92 Å². The molecule has 0 aliphatic heterocycles. The molecule has 0 N–H and O–H groups in total. The zero-order valence-corrected chi connectivity index (χ0v) is 11.9. The predicted octanol–water partition coefficient (Wildman–Crippen LogP) is 4.52. The highest BCUT2D eigenvalue weighted by Crippen LogP contribution is 2.30. The van der Waals surface area contributed by atoms with Gasteiger partial charge in [0.25, 0.3) is 0 Å². The molecular weight excluding hydrogens is 266 g/mol. The molecule has 0 radical (unpaired) electrons. The van der Waals surface area contributed by atoms with Crippen molar-refractivity contribution in [1.82, 2.24) is 4.98 Å². The zero-order valence-electron chi connectivity index (χ0n) is 9.60. The van der Waals surface area contributed by atoms with Gasteiger partial charge < -0.3 is 4.90 Å². The van der Waals surface area contributed by atoms with Gasteiger partial charge >= 0.3 is 0 Å². The van der Waals surface area contributed by atoms with Gasteiger partial charge in [-0.1, -0.05) is 48.7 Å². The number of halogens is 3. The molecule has 1 heterocycles. The molecule has 1 aromatic rings. The molecule has 0 saturated carbocycles. The number of nitrogens with zero attached hydrogens (tertiary/aromatic N) is 2. The van der Waals surface area contributed by atoms with Crippen molar-refractivity contribution in [1.29, 1.82) is 0 Å². The van der Waals surface area contributed by atoms with Gasteiger partial charge in [-0.05, 0) is 18.4 Å². The summed E-state index contributed by atoms with van der Waals surface area (Å²) in [5.41, 5.74) is 0. The van der Waals surface area contributed by atoms with E-state index in [1.54, 1.807) is 6.07 Å². The first kappa shape index (κ1) is 13.9. The fourth-order valence-corrected chi connectivity index (χ4v) is 1.90. The average molecular weight is 282 g/mol. The molecule has 0 aliphatic rings. The van der Waals surface area contributed by atoms with Crippen molar-refractivity contribution in [3.8, 4) is 0 Å². The van der Waals surface area contributed by atoms with E-state index in [4.69, 9.17) is 34.8 Å². The first-order valence-corrected chi connectivity index (χ1v) is 6.28. The second kappa shape index (κ2) is 5.95. The molecule has 16 heavy (non-hydrogen) atoms. The topological polar surface area (TPSA) is 16.1 Å². The molecule has 2 nitrogen and oxygen atoms in total. The molecule has 0 spiro atoms. The second-order valence-corrected chi connectivity index (χ2v) is 5.34. The van der Waals surface area contributed by atoms with Gasteiger partial charge in [-0.15, -0.1) is 0 Å². The molecular formula is C11H15Cl3N2. The number of aromatic nitrogens is 1. The standard InChI is InChI=1S/C11H15Cl3N2/c1-7(2)4-5-16(3)11-9(13)6-8(12)10(14)15-11/h6-7H,4-5H2,1-3H3. The predicted molar refractivity (Wildman–Crippen MR) is 72.0 cm³/mol. The van der Waals surface area contributed by atoms with E-state index < -0.39 is 0 Å². The maximum atomic E-state index is 6.06. The Balaban J connectivity index is 2.82. The number of rotatable bonds is 4. The van der Waals surface area contributed by atoms with E-state index in [2.05, 4.69) is 18.8 Å². The molecule has 0 atom stereocenters. The first-order valence-electron chi connectivity index (χ1n) is 5.14. The summed E-state index contributed by atoms with van der Waals surface area (Å²) >= 11 is 17.7.